The number of aryl methyl sites for hydroxylation is 2. The van der Waals surface area contributed by atoms with Crippen molar-refractivity contribution in [1.82, 2.24) is 19.7 Å². The molecule has 2 aromatic heterocycles. The van der Waals surface area contributed by atoms with Crippen molar-refractivity contribution in [1.29, 1.82) is 0 Å². The van der Waals surface area contributed by atoms with E-state index >= 15 is 0 Å². The van der Waals surface area contributed by atoms with E-state index in [9.17, 15) is 4.79 Å². The molecule has 23 heavy (non-hydrogen) atoms. The van der Waals surface area contributed by atoms with Gasteiger partial charge in [0.2, 0.25) is 0 Å². The SMILES string of the molecule is CCCc1nn(C)c2c(=O)[nH]c(-c3cccc(OCC)c3)nc12. The van der Waals surface area contributed by atoms with Gasteiger partial charge in [-0.25, -0.2) is 4.98 Å². The van der Waals surface area contributed by atoms with E-state index in [0.717, 1.165) is 29.8 Å². The van der Waals surface area contributed by atoms with Crippen molar-refractivity contribution in [3.63, 3.8) is 0 Å². The average molecular weight is 312 g/mol. The highest BCUT2D eigenvalue weighted by atomic mass is 16.5. The first-order valence-electron chi connectivity index (χ1n) is 7.83. The lowest BCUT2D eigenvalue weighted by molar-refractivity contribution is 0.340. The Morgan fingerprint density at radius 2 is 2.13 bits per heavy atom. The average Bonchev–Trinajstić information content (AvgIpc) is 2.85. The highest BCUT2D eigenvalue weighted by Gasteiger charge is 2.15. The smallest absolute Gasteiger partial charge is 0.277 e. The van der Waals surface area contributed by atoms with Crippen molar-refractivity contribution in [2.75, 3.05) is 6.61 Å². The number of aromatic amines is 1. The Balaban J connectivity index is 2.17. The van der Waals surface area contributed by atoms with Gasteiger partial charge in [-0.15, -0.1) is 0 Å². The van der Waals surface area contributed by atoms with Gasteiger partial charge in [-0.3, -0.25) is 9.48 Å². The summed E-state index contributed by atoms with van der Waals surface area (Å²) in [7, 11) is 1.77. The number of fused-ring (bicyclic) bond motifs is 1. The van der Waals surface area contributed by atoms with E-state index in [1.54, 1.807) is 11.7 Å². The van der Waals surface area contributed by atoms with Crippen LogP contribution in [-0.2, 0) is 13.5 Å². The molecule has 1 aromatic carbocycles. The van der Waals surface area contributed by atoms with Crippen LogP contribution in [0.25, 0.3) is 22.4 Å². The second kappa shape index (κ2) is 6.24. The molecule has 0 aliphatic heterocycles. The Morgan fingerprint density at radius 1 is 1.30 bits per heavy atom. The second-order valence-corrected chi connectivity index (χ2v) is 5.39. The van der Waals surface area contributed by atoms with Crippen LogP contribution in [0.5, 0.6) is 5.75 Å². The van der Waals surface area contributed by atoms with Crippen molar-refractivity contribution in [2.24, 2.45) is 7.05 Å². The topological polar surface area (TPSA) is 72.8 Å². The van der Waals surface area contributed by atoms with E-state index < -0.39 is 0 Å². The Kier molecular flexibility index (Phi) is 4.14. The first kappa shape index (κ1) is 15.3. The number of nitrogens with one attached hydrogen (secondary N) is 1. The molecule has 3 rings (SSSR count). The fourth-order valence-corrected chi connectivity index (χ4v) is 2.69. The fraction of sp³-hybridized carbons (Fsp3) is 0.353. The van der Waals surface area contributed by atoms with Crippen LogP contribution < -0.4 is 10.3 Å². The summed E-state index contributed by atoms with van der Waals surface area (Å²) in [5.74, 6) is 1.29. The second-order valence-electron chi connectivity index (χ2n) is 5.39. The Bertz CT molecular complexity index is 895. The van der Waals surface area contributed by atoms with Crippen LogP contribution in [0.3, 0.4) is 0 Å². The zero-order valence-electron chi connectivity index (χ0n) is 13.6. The minimum Gasteiger partial charge on any atom is -0.494 e. The Labute approximate surface area is 134 Å². The van der Waals surface area contributed by atoms with E-state index in [1.807, 2.05) is 31.2 Å². The minimum absolute atomic E-state index is 0.177. The van der Waals surface area contributed by atoms with Gasteiger partial charge in [0.15, 0.2) is 5.52 Å². The zero-order chi connectivity index (χ0) is 16.4. The zero-order valence-corrected chi connectivity index (χ0v) is 13.6. The Morgan fingerprint density at radius 3 is 2.87 bits per heavy atom. The molecular weight excluding hydrogens is 292 g/mol. The molecule has 120 valence electrons. The lowest BCUT2D eigenvalue weighted by Crippen LogP contribution is -2.12. The number of H-pyrrole nitrogens is 1. The molecule has 0 unspecified atom stereocenters. The highest BCUT2D eigenvalue weighted by molar-refractivity contribution is 5.79. The molecule has 6 nitrogen and oxygen atoms in total. The normalized spacial score (nSPS) is 11.1. The third kappa shape index (κ3) is 2.84. The van der Waals surface area contributed by atoms with Crippen molar-refractivity contribution in [2.45, 2.75) is 26.7 Å². The van der Waals surface area contributed by atoms with Crippen molar-refractivity contribution in [3.8, 4) is 17.1 Å². The van der Waals surface area contributed by atoms with Gasteiger partial charge in [0.1, 0.15) is 17.1 Å². The molecule has 0 atom stereocenters. The molecule has 6 heteroatoms. The number of hydrogen-bond acceptors (Lipinski definition) is 4. The number of aromatic nitrogens is 4. The molecule has 0 amide bonds. The third-order valence-corrected chi connectivity index (χ3v) is 3.67. The largest absolute Gasteiger partial charge is 0.494 e. The van der Waals surface area contributed by atoms with Crippen molar-refractivity contribution < 1.29 is 4.74 Å². The van der Waals surface area contributed by atoms with E-state index in [2.05, 4.69) is 22.0 Å². The summed E-state index contributed by atoms with van der Waals surface area (Å²) in [6, 6.07) is 7.56. The van der Waals surface area contributed by atoms with E-state index in [0.29, 0.717) is 23.5 Å². The van der Waals surface area contributed by atoms with Gasteiger partial charge in [0.25, 0.3) is 5.56 Å². The van der Waals surface area contributed by atoms with Crippen LogP contribution in [0.2, 0.25) is 0 Å². The first-order valence-corrected chi connectivity index (χ1v) is 7.83. The molecular formula is C17H20N4O2. The molecule has 0 spiro atoms. The monoisotopic (exact) mass is 312 g/mol. The number of ether oxygens (including phenoxy) is 1. The standard InChI is InChI=1S/C17H20N4O2/c1-4-7-13-14-15(21(3)20-13)17(22)19-16(18-14)11-8-6-9-12(10-11)23-5-2/h6,8-10H,4-5,7H2,1-3H3,(H,18,19,22). The summed E-state index contributed by atoms with van der Waals surface area (Å²) in [5, 5.41) is 4.43. The lowest BCUT2D eigenvalue weighted by atomic mass is 10.2. The quantitative estimate of drug-likeness (QED) is 0.786. The number of rotatable bonds is 5. The van der Waals surface area contributed by atoms with Crippen molar-refractivity contribution in [3.05, 3.63) is 40.3 Å². The lowest BCUT2D eigenvalue weighted by Gasteiger charge is -2.06. The van der Waals surface area contributed by atoms with E-state index in [1.165, 1.54) is 0 Å². The summed E-state index contributed by atoms with van der Waals surface area (Å²) in [5.41, 5.74) is 2.69. The van der Waals surface area contributed by atoms with Crippen LogP contribution >= 0.6 is 0 Å². The number of hydrogen-bond donors (Lipinski definition) is 1. The molecule has 0 radical (unpaired) electrons. The molecule has 0 saturated carbocycles. The van der Waals surface area contributed by atoms with Gasteiger partial charge in [-0.1, -0.05) is 25.5 Å². The van der Waals surface area contributed by atoms with Gasteiger partial charge in [-0.2, -0.15) is 5.10 Å². The van der Waals surface area contributed by atoms with Crippen molar-refractivity contribution >= 4 is 11.0 Å². The third-order valence-electron chi connectivity index (χ3n) is 3.67. The molecule has 0 bridgehead atoms. The maximum Gasteiger partial charge on any atom is 0.277 e. The summed E-state index contributed by atoms with van der Waals surface area (Å²) in [6.07, 6.45) is 1.75. The summed E-state index contributed by atoms with van der Waals surface area (Å²) >= 11 is 0. The molecule has 0 aliphatic carbocycles. The molecule has 0 aliphatic rings. The van der Waals surface area contributed by atoms with Crippen LogP contribution in [-0.4, -0.2) is 26.4 Å². The maximum atomic E-state index is 12.4. The predicted molar refractivity (Wildman–Crippen MR) is 89.7 cm³/mol. The molecule has 0 saturated heterocycles. The number of nitrogens with zero attached hydrogens (tertiary/aromatic N) is 3. The molecule has 0 fully saturated rings. The van der Waals surface area contributed by atoms with Crippen LogP contribution in [0.15, 0.2) is 29.1 Å². The van der Waals surface area contributed by atoms with Gasteiger partial charge in [0.05, 0.1) is 12.3 Å². The summed E-state index contributed by atoms with van der Waals surface area (Å²) in [6.45, 7) is 4.61. The fourth-order valence-electron chi connectivity index (χ4n) is 2.69. The predicted octanol–water partition coefficient (Wildman–Crippen LogP) is 2.67. The number of benzene rings is 1. The molecule has 3 aromatic rings. The van der Waals surface area contributed by atoms with Crippen LogP contribution in [0.1, 0.15) is 26.0 Å². The van der Waals surface area contributed by atoms with Crippen LogP contribution in [0, 0.1) is 0 Å². The van der Waals surface area contributed by atoms with E-state index in [-0.39, 0.29) is 5.56 Å². The Hall–Kier alpha value is -2.63. The summed E-state index contributed by atoms with van der Waals surface area (Å²) < 4.78 is 7.12. The van der Waals surface area contributed by atoms with Gasteiger partial charge in [0, 0.05) is 12.6 Å². The van der Waals surface area contributed by atoms with E-state index in [4.69, 9.17) is 4.74 Å². The molecule has 1 N–H and O–H groups in total. The maximum absolute atomic E-state index is 12.4. The summed E-state index contributed by atoms with van der Waals surface area (Å²) in [4.78, 5) is 19.9. The van der Waals surface area contributed by atoms with Gasteiger partial charge in [-0.05, 0) is 25.5 Å². The van der Waals surface area contributed by atoms with Crippen LogP contribution in [0.4, 0.5) is 0 Å². The first-order chi connectivity index (χ1) is 11.1. The van der Waals surface area contributed by atoms with Gasteiger partial charge < -0.3 is 9.72 Å². The van der Waals surface area contributed by atoms with Gasteiger partial charge >= 0.3 is 0 Å². The highest BCUT2D eigenvalue weighted by Crippen LogP contribution is 2.22. The molecule has 2 heterocycles. The minimum atomic E-state index is -0.177.